The second kappa shape index (κ2) is 3.90. The third kappa shape index (κ3) is 2.09. The molecule has 1 nitrogen and oxygen atoms in total. The van der Waals surface area contributed by atoms with Gasteiger partial charge in [-0.3, -0.25) is 0 Å². The molecular formula is C10H12FN. The molecule has 0 spiro atoms. The molecule has 12 heavy (non-hydrogen) atoms. The lowest BCUT2D eigenvalue weighted by Crippen LogP contribution is -2.16. The lowest BCUT2D eigenvalue weighted by Gasteiger charge is -2.16. The molecule has 1 aromatic rings. The average molecular weight is 165 g/mol. The number of likely N-dealkylation sites (N-methyl/N-ethyl adjacent to an activating group) is 1. The third-order valence-corrected chi connectivity index (χ3v) is 1.65. The summed E-state index contributed by atoms with van der Waals surface area (Å²) >= 11 is 0. The first kappa shape index (κ1) is 8.78. The van der Waals surface area contributed by atoms with Crippen molar-refractivity contribution in [2.45, 2.75) is 0 Å². The standard InChI is InChI=1S/C10H12FN/c1-3-7-12(2)10-6-4-5-9(11)8-10/h3-6,8H,1,7H2,2H3. The Hall–Kier alpha value is -1.31. The highest BCUT2D eigenvalue weighted by Gasteiger charge is 1.98. The highest BCUT2D eigenvalue weighted by Crippen LogP contribution is 2.12. The molecule has 0 radical (unpaired) electrons. The summed E-state index contributed by atoms with van der Waals surface area (Å²) in [6.07, 6.45) is 1.78. The lowest BCUT2D eigenvalue weighted by molar-refractivity contribution is 0.627. The third-order valence-electron chi connectivity index (χ3n) is 1.65. The number of hydrogen-bond donors (Lipinski definition) is 0. The van der Waals surface area contributed by atoms with Crippen molar-refractivity contribution in [2.24, 2.45) is 0 Å². The van der Waals surface area contributed by atoms with Crippen LogP contribution in [0.25, 0.3) is 0 Å². The molecule has 0 aliphatic rings. The smallest absolute Gasteiger partial charge is 0.125 e. The zero-order chi connectivity index (χ0) is 8.97. The van der Waals surface area contributed by atoms with E-state index in [0.717, 1.165) is 12.2 Å². The van der Waals surface area contributed by atoms with Crippen molar-refractivity contribution in [1.29, 1.82) is 0 Å². The summed E-state index contributed by atoms with van der Waals surface area (Å²) in [6.45, 7) is 4.34. The zero-order valence-corrected chi connectivity index (χ0v) is 7.13. The van der Waals surface area contributed by atoms with Gasteiger partial charge in [0.2, 0.25) is 0 Å². The van der Waals surface area contributed by atoms with Crippen LogP contribution < -0.4 is 4.90 Å². The minimum atomic E-state index is -0.205. The number of hydrogen-bond acceptors (Lipinski definition) is 1. The van der Waals surface area contributed by atoms with Gasteiger partial charge in [0.25, 0.3) is 0 Å². The fourth-order valence-corrected chi connectivity index (χ4v) is 1.01. The number of benzene rings is 1. The van der Waals surface area contributed by atoms with Gasteiger partial charge < -0.3 is 4.90 Å². The second-order valence-corrected chi connectivity index (χ2v) is 2.65. The molecule has 0 saturated heterocycles. The van der Waals surface area contributed by atoms with Crippen LogP contribution in [0.4, 0.5) is 10.1 Å². The van der Waals surface area contributed by atoms with Crippen molar-refractivity contribution in [3.63, 3.8) is 0 Å². The Morgan fingerprint density at radius 1 is 1.58 bits per heavy atom. The van der Waals surface area contributed by atoms with Gasteiger partial charge in [-0.2, -0.15) is 0 Å². The Labute approximate surface area is 72.1 Å². The van der Waals surface area contributed by atoms with Crippen LogP contribution in [0.1, 0.15) is 0 Å². The molecule has 0 atom stereocenters. The minimum Gasteiger partial charge on any atom is -0.371 e. The topological polar surface area (TPSA) is 3.24 Å². The van der Waals surface area contributed by atoms with Gasteiger partial charge in [-0.15, -0.1) is 6.58 Å². The molecule has 0 heterocycles. The Balaban J connectivity index is 2.80. The predicted octanol–water partition coefficient (Wildman–Crippen LogP) is 2.45. The van der Waals surface area contributed by atoms with Crippen LogP contribution in [0.3, 0.4) is 0 Å². The molecule has 0 aromatic heterocycles. The molecule has 0 unspecified atom stereocenters. The molecule has 1 rings (SSSR count). The summed E-state index contributed by atoms with van der Waals surface area (Å²) in [4.78, 5) is 1.93. The molecule has 64 valence electrons. The van der Waals surface area contributed by atoms with Crippen molar-refractivity contribution < 1.29 is 4.39 Å². The molecular weight excluding hydrogens is 153 g/mol. The molecule has 0 amide bonds. The highest BCUT2D eigenvalue weighted by atomic mass is 19.1. The maximum Gasteiger partial charge on any atom is 0.125 e. The van der Waals surface area contributed by atoms with Gasteiger partial charge >= 0.3 is 0 Å². The van der Waals surface area contributed by atoms with Crippen LogP contribution in [0.15, 0.2) is 36.9 Å². The fourth-order valence-electron chi connectivity index (χ4n) is 1.01. The van der Waals surface area contributed by atoms with Crippen molar-refractivity contribution >= 4 is 5.69 Å². The van der Waals surface area contributed by atoms with Gasteiger partial charge in [0.15, 0.2) is 0 Å². The average Bonchev–Trinajstić information content (AvgIpc) is 2.05. The van der Waals surface area contributed by atoms with E-state index in [-0.39, 0.29) is 5.82 Å². The molecule has 0 fully saturated rings. The number of rotatable bonds is 3. The van der Waals surface area contributed by atoms with Crippen molar-refractivity contribution in [3.05, 3.63) is 42.7 Å². The van der Waals surface area contributed by atoms with Crippen LogP contribution >= 0.6 is 0 Å². The minimum absolute atomic E-state index is 0.205. The largest absolute Gasteiger partial charge is 0.371 e. The Kier molecular flexibility index (Phi) is 2.86. The van der Waals surface area contributed by atoms with Crippen LogP contribution in [-0.4, -0.2) is 13.6 Å². The van der Waals surface area contributed by atoms with Gasteiger partial charge in [-0.1, -0.05) is 12.1 Å². The van der Waals surface area contributed by atoms with E-state index in [9.17, 15) is 4.39 Å². The predicted molar refractivity (Wildman–Crippen MR) is 49.9 cm³/mol. The normalized spacial score (nSPS) is 9.50. The van der Waals surface area contributed by atoms with E-state index >= 15 is 0 Å². The summed E-state index contributed by atoms with van der Waals surface area (Å²) in [6, 6.07) is 6.51. The van der Waals surface area contributed by atoms with Crippen LogP contribution in [0.2, 0.25) is 0 Å². The van der Waals surface area contributed by atoms with Gasteiger partial charge in [-0.25, -0.2) is 4.39 Å². The molecule has 0 aliphatic heterocycles. The van der Waals surface area contributed by atoms with E-state index in [0.29, 0.717) is 0 Å². The monoisotopic (exact) mass is 165 g/mol. The summed E-state index contributed by atoms with van der Waals surface area (Å²) < 4.78 is 12.7. The van der Waals surface area contributed by atoms with E-state index < -0.39 is 0 Å². The first-order chi connectivity index (χ1) is 5.74. The van der Waals surface area contributed by atoms with Crippen LogP contribution in [0.5, 0.6) is 0 Å². The molecule has 0 bridgehead atoms. The fraction of sp³-hybridized carbons (Fsp3) is 0.200. The Bertz CT molecular complexity index is 270. The molecule has 0 aliphatic carbocycles. The molecule has 0 saturated carbocycles. The lowest BCUT2D eigenvalue weighted by atomic mass is 10.3. The summed E-state index contributed by atoms with van der Waals surface area (Å²) in [5, 5.41) is 0. The summed E-state index contributed by atoms with van der Waals surface area (Å²) in [5.74, 6) is -0.205. The zero-order valence-electron chi connectivity index (χ0n) is 7.13. The summed E-state index contributed by atoms with van der Waals surface area (Å²) in [5.41, 5.74) is 0.870. The number of anilines is 1. The van der Waals surface area contributed by atoms with Gasteiger partial charge in [0.05, 0.1) is 0 Å². The van der Waals surface area contributed by atoms with E-state index in [1.54, 1.807) is 12.1 Å². The van der Waals surface area contributed by atoms with E-state index in [1.165, 1.54) is 12.1 Å². The maximum atomic E-state index is 12.7. The molecule has 1 aromatic carbocycles. The second-order valence-electron chi connectivity index (χ2n) is 2.65. The van der Waals surface area contributed by atoms with Gasteiger partial charge in [0.1, 0.15) is 5.82 Å². The maximum absolute atomic E-state index is 12.7. The molecule has 0 N–H and O–H groups in total. The number of nitrogens with zero attached hydrogens (tertiary/aromatic N) is 1. The first-order valence-electron chi connectivity index (χ1n) is 3.81. The van der Waals surface area contributed by atoms with E-state index in [4.69, 9.17) is 0 Å². The van der Waals surface area contributed by atoms with Crippen LogP contribution in [0, 0.1) is 5.82 Å². The first-order valence-corrected chi connectivity index (χ1v) is 3.81. The molecule has 2 heteroatoms. The quantitative estimate of drug-likeness (QED) is 0.622. The Morgan fingerprint density at radius 2 is 2.33 bits per heavy atom. The van der Waals surface area contributed by atoms with Crippen LogP contribution in [-0.2, 0) is 0 Å². The Morgan fingerprint density at radius 3 is 2.92 bits per heavy atom. The van der Waals surface area contributed by atoms with Crippen molar-refractivity contribution in [2.75, 3.05) is 18.5 Å². The van der Waals surface area contributed by atoms with E-state index in [2.05, 4.69) is 6.58 Å². The van der Waals surface area contributed by atoms with E-state index in [1.807, 2.05) is 18.0 Å². The summed E-state index contributed by atoms with van der Waals surface area (Å²) in [7, 11) is 1.90. The van der Waals surface area contributed by atoms with Gasteiger partial charge in [-0.05, 0) is 18.2 Å². The van der Waals surface area contributed by atoms with Gasteiger partial charge in [0, 0.05) is 19.3 Å². The van der Waals surface area contributed by atoms with Crippen molar-refractivity contribution in [3.8, 4) is 0 Å². The van der Waals surface area contributed by atoms with Crippen molar-refractivity contribution in [1.82, 2.24) is 0 Å². The number of halogens is 1. The highest BCUT2D eigenvalue weighted by molar-refractivity contribution is 5.45. The SMILES string of the molecule is C=CCN(C)c1cccc(F)c1.